The Labute approximate surface area is 216 Å². The van der Waals surface area contributed by atoms with Gasteiger partial charge in [-0.15, -0.1) is 0 Å². The summed E-state index contributed by atoms with van der Waals surface area (Å²) in [5.41, 5.74) is 4.17. The van der Waals surface area contributed by atoms with Crippen LogP contribution in [0.4, 0.5) is 11.6 Å². The molecule has 0 spiro atoms. The zero-order valence-corrected chi connectivity index (χ0v) is 21.7. The van der Waals surface area contributed by atoms with Crippen LogP contribution in [-0.4, -0.2) is 87.3 Å². The van der Waals surface area contributed by atoms with Crippen molar-refractivity contribution in [2.24, 2.45) is 5.10 Å². The van der Waals surface area contributed by atoms with Crippen LogP contribution in [0.5, 0.6) is 6.01 Å². The minimum absolute atomic E-state index is 0.000842. The molecule has 0 bridgehead atoms. The van der Waals surface area contributed by atoms with Crippen LogP contribution in [0.15, 0.2) is 34.3 Å². The fourth-order valence-electron chi connectivity index (χ4n) is 4.63. The zero-order chi connectivity index (χ0) is 25.0. The van der Waals surface area contributed by atoms with E-state index in [0.717, 1.165) is 64.6 Å². The number of halogens is 1. The molecule has 0 amide bonds. The fourth-order valence-corrected chi connectivity index (χ4v) is 6.27. The first-order chi connectivity index (χ1) is 17.5. The van der Waals surface area contributed by atoms with Gasteiger partial charge < -0.3 is 14.4 Å². The number of fused-ring (bicyclic) bond motifs is 1. The molecular weight excluding hydrogens is 504 g/mol. The topological polar surface area (TPSA) is 109 Å². The molecule has 4 heterocycles. The maximum atomic E-state index is 12.5. The first-order valence-electron chi connectivity index (χ1n) is 12.4. The summed E-state index contributed by atoms with van der Waals surface area (Å²) in [6.45, 7) is 6.38. The highest BCUT2D eigenvalue weighted by atomic mass is 35.5. The summed E-state index contributed by atoms with van der Waals surface area (Å²) in [4.78, 5) is 14.0. The number of hydrogen-bond donors (Lipinski definition) is 1. The van der Waals surface area contributed by atoms with E-state index >= 15 is 0 Å². The smallest absolute Gasteiger partial charge is 0.320 e. The van der Waals surface area contributed by atoms with Gasteiger partial charge in [0.2, 0.25) is 0 Å². The van der Waals surface area contributed by atoms with Gasteiger partial charge in [0.1, 0.15) is 12.4 Å². The van der Waals surface area contributed by atoms with Gasteiger partial charge in [-0.05, 0) is 37.5 Å². The van der Waals surface area contributed by atoms with Crippen LogP contribution in [0.3, 0.4) is 0 Å². The van der Waals surface area contributed by atoms with E-state index in [-0.39, 0.29) is 17.1 Å². The molecular formula is C24H31ClN6O4S. The van der Waals surface area contributed by atoms with Gasteiger partial charge in [-0.25, -0.2) is 8.42 Å². The molecule has 3 aliphatic rings. The lowest BCUT2D eigenvalue weighted by atomic mass is 10.1. The molecule has 0 atom stereocenters. The van der Waals surface area contributed by atoms with Crippen molar-refractivity contribution >= 4 is 38.8 Å². The molecule has 10 nitrogen and oxygen atoms in total. The number of benzene rings is 1. The zero-order valence-electron chi connectivity index (χ0n) is 20.2. The molecule has 2 aromatic rings. The van der Waals surface area contributed by atoms with Crippen molar-refractivity contribution in [2.45, 2.75) is 30.6 Å². The number of piperidine rings is 1. The Bertz CT molecular complexity index is 1210. The van der Waals surface area contributed by atoms with Crippen LogP contribution in [0.2, 0.25) is 5.02 Å². The maximum absolute atomic E-state index is 12.5. The Morgan fingerprint density at radius 2 is 1.89 bits per heavy atom. The number of anilines is 2. The minimum atomic E-state index is -3.35. The highest BCUT2D eigenvalue weighted by Gasteiger charge is 2.28. The lowest BCUT2D eigenvalue weighted by molar-refractivity contribution is 0.0317. The summed E-state index contributed by atoms with van der Waals surface area (Å²) in [7, 11) is -3.35. The first-order valence-corrected chi connectivity index (χ1v) is 14.4. The van der Waals surface area contributed by atoms with Gasteiger partial charge in [-0.2, -0.15) is 15.1 Å². The van der Waals surface area contributed by atoms with Crippen molar-refractivity contribution in [1.82, 2.24) is 14.9 Å². The molecule has 1 aromatic carbocycles. The number of sulfone groups is 1. The van der Waals surface area contributed by atoms with Crippen LogP contribution < -0.4 is 15.1 Å². The maximum Gasteiger partial charge on any atom is 0.320 e. The Hall–Kier alpha value is -2.47. The lowest BCUT2D eigenvalue weighted by Crippen LogP contribution is -2.38. The minimum Gasteiger partial charge on any atom is -0.462 e. The summed E-state index contributed by atoms with van der Waals surface area (Å²) in [5.74, 6) is 1.29. The SMILES string of the molecule is O=S1(=O)CC/C(=N\Nc2cc(N3CCCCC3)nc(OCCN3CCOCC3)n2)c2cc(Cl)ccc21. The number of aromatic nitrogens is 2. The predicted octanol–water partition coefficient (Wildman–Crippen LogP) is 2.82. The Balaban J connectivity index is 1.36. The molecule has 1 N–H and O–H groups in total. The van der Waals surface area contributed by atoms with E-state index in [2.05, 4.69) is 30.3 Å². The fraction of sp³-hybridized carbons (Fsp3) is 0.542. The average molecular weight is 535 g/mol. The van der Waals surface area contributed by atoms with E-state index in [9.17, 15) is 8.42 Å². The molecule has 2 saturated heterocycles. The van der Waals surface area contributed by atoms with Crippen LogP contribution >= 0.6 is 11.6 Å². The summed E-state index contributed by atoms with van der Waals surface area (Å²) >= 11 is 6.16. The molecule has 1 aromatic heterocycles. The second kappa shape index (κ2) is 11.3. The highest BCUT2D eigenvalue weighted by Crippen LogP contribution is 2.29. The third kappa shape index (κ3) is 6.08. The van der Waals surface area contributed by atoms with Crippen LogP contribution in [0.1, 0.15) is 31.2 Å². The van der Waals surface area contributed by atoms with Crippen molar-refractivity contribution in [1.29, 1.82) is 0 Å². The third-order valence-corrected chi connectivity index (χ3v) is 8.62. The van der Waals surface area contributed by atoms with Gasteiger partial charge >= 0.3 is 6.01 Å². The standard InChI is InChI=1S/C24H31ClN6O4S/c25-18-4-5-21-19(16-18)20(6-15-36(21,32)33)28-29-22-17-23(31-7-2-1-3-8-31)27-24(26-22)35-14-11-30-9-12-34-13-10-30/h4-5,16-17H,1-3,6-15H2,(H,26,27,29)/b28-20+. The summed E-state index contributed by atoms with van der Waals surface area (Å²) in [6, 6.07) is 6.94. The second-order valence-electron chi connectivity index (χ2n) is 9.12. The van der Waals surface area contributed by atoms with E-state index in [1.165, 1.54) is 6.42 Å². The largest absolute Gasteiger partial charge is 0.462 e. The number of rotatable bonds is 7. The Kier molecular flexibility index (Phi) is 7.90. The Morgan fingerprint density at radius 1 is 1.08 bits per heavy atom. The lowest BCUT2D eigenvalue weighted by Gasteiger charge is -2.28. The molecule has 194 valence electrons. The number of nitrogens with one attached hydrogen (secondary N) is 1. The van der Waals surface area contributed by atoms with Crippen LogP contribution in [0.25, 0.3) is 0 Å². The third-order valence-electron chi connectivity index (χ3n) is 6.62. The molecule has 12 heteroatoms. The van der Waals surface area contributed by atoms with Gasteiger partial charge in [0.15, 0.2) is 15.7 Å². The molecule has 0 saturated carbocycles. The quantitative estimate of drug-likeness (QED) is 0.536. The van der Waals surface area contributed by atoms with Crippen molar-refractivity contribution in [2.75, 3.05) is 68.6 Å². The number of hydrazone groups is 1. The molecule has 0 aliphatic carbocycles. The van der Waals surface area contributed by atoms with Gasteiger partial charge in [0.05, 0.1) is 29.6 Å². The van der Waals surface area contributed by atoms with E-state index in [1.807, 2.05) is 6.07 Å². The number of ether oxygens (including phenoxy) is 2. The molecule has 2 fully saturated rings. The van der Waals surface area contributed by atoms with E-state index in [4.69, 9.17) is 21.1 Å². The van der Waals surface area contributed by atoms with Crippen LogP contribution in [0, 0.1) is 0 Å². The average Bonchev–Trinajstić information content (AvgIpc) is 2.89. The molecule has 36 heavy (non-hydrogen) atoms. The monoisotopic (exact) mass is 534 g/mol. The predicted molar refractivity (Wildman–Crippen MR) is 139 cm³/mol. The second-order valence-corrected chi connectivity index (χ2v) is 11.6. The van der Waals surface area contributed by atoms with E-state index in [1.54, 1.807) is 18.2 Å². The van der Waals surface area contributed by atoms with Crippen molar-refractivity contribution in [3.05, 3.63) is 34.9 Å². The Morgan fingerprint density at radius 3 is 2.69 bits per heavy atom. The summed E-state index contributed by atoms with van der Waals surface area (Å²) in [5, 5.41) is 5.00. The van der Waals surface area contributed by atoms with Gasteiger partial charge in [-0.3, -0.25) is 10.3 Å². The van der Waals surface area contributed by atoms with E-state index in [0.29, 0.717) is 34.7 Å². The highest BCUT2D eigenvalue weighted by molar-refractivity contribution is 7.91. The van der Waals surface area contributed by atoms with Crippen molar-refractivity contribution in [3.8, 4) is 6.01 Å². The molecule has 5 rings (SSSR count). The van der Waals surface area contributed by atoms with Gasteiger partial charge in [-0.1, -0.05) is 11.6 Å². The summed E-state index contributed by atoms with van der Waals surface area (Å²) in [6.07, 6.45) is 3.74. The van der Waals surface area contributed by atoms with Crippen LogP contribution in [-0.2, 0) is 14.6 Å². The number of hydrogen-bond acceptors (Lipinski definition) is 10. The number of morpholine rings is 1. The van der Waals surface area contributed by atoms with Crippen molar-refractivity contribution in [3.63, 3.8) is 0 Å². The van der Waals surface area contributed by atoms with E-state index < -0.39 is 9.84 Å². The molecule has 3 aliphatic heterocycles. The number of nitrogens with zero attached hydrogens (tertiary/aromatic N) is 5. The first kappa shape index (κ1) is 25.2. The van der Waals surface area contributed by atoms with Gasteiger partial charge in [0, 0.05) is 55.8 Å². The normalized spacial score (nSPS) is 21.2. The van der Waals surface area contributed by atoms with Gasteiger partial charge in [0.25, 0.3) is 0 Å². The molecule has 0 unspecified atom stereocenters. The summed E-state index contributed by atoms with van der Waals surface area (Å²) < 4.78 is 36.4. The molecule has 0 radical (unpaired) electrons. The van der Waals surface area contributed by atoms with Crippen molar-refractivity contribution < 1.29 is 17.9 Å².